The highest BCUT2D eigenvalue weighted by Gasteiger charge is 2.35. The van der Waals surface area contributed by atoms with Gasteiger partial charge in [-0.2, -0.15) is 0 Å². The van der Waals surface area contributed by atoms with Crippen LogP contribution in [-0.4, -0.2) is 22.6 Å². The number of nitrogens with one attached hydrogen (secondary N) is 1. The van der Waals surface area contributed by atoms with E-state index in [-0.39, 0.29) is 0 Å². The molecule has 0 spiro atoms. The normalized spacial score (nSPS) is 33.0. The Morgan fingerprint density at radius 2 is 2.06 bits per heavy atom. The van der Waals surface area contributed by atoms with E-state index in [0.29, 0.717) is 23.9 Å². The minimum Gasteiger partial charge on any atom is -0.330 e. The van der Waals surface area contributed by atoms with Gasteiger partial charge in [0.15, 0.2) is 0 Å². The molecule has 1 fully saturated rings. The molecule has 1 saturated carbocycles. The fourth-order valence-corrected chi connectivity index (χ4v) is 3.62. The molecule has 4 unspecified atom stereocenters. The van der Waals surface area contributed by atoms with Gasteiger partial charge in [0.05, 0.1) is 6.04 Å². The first-order valence-electron chi connectivity index (χ1n) is 7.24. The highest BCUT2D eigenvalue weighted by atomic mass is 15.1. The van der Waals surface area contributed by atoms with E-state index < -0.39 is 0 Å². The predicted octanol–water partition coefficient (Wildman–Crippen LogP) is 3.20. The molecule has 102 valence electrons. The van der Waals surface area contributed by atoms with E-state index in [0.717, 1.165) is 5.92 Å². The molecule has 0 bridgehead atoms. The average molecular weight is 249 g/mol. The van der Waals surface area contributed by atoms with Crippen LogP contribution in [0.1, 0.15) is 58.3 Å². The first-order chi connectivity index (χ1) is 8.54. The Kier molecular flexibility index (Phi) is 4.10. The minimum atomic E-state index is 0.490. The van der Waals surface area contributed by atoms with E-state index in [1.165, 1.54) is 18.7 Å². The Labute approximate surface area is 111 Å². The van der Waals surface area contributed by atoms with Crippen molar-refractivity contribution in [3.63, 3.8) is 0 Å². The Morgan fingerprint density at radius 3 is 2.67 bits per heavy atom. The van der Waals surface area contributed by atoms with Crippen LogP contribution in [0.15, 0.2) is 12.4 Å². The number of rotatable bonds is 3. The smallest absolute Gasteiger partial charge is 0.111 e. The van der Waals surface area contributed by atoms with Gasteiger partial charge < -0.3 is 9.88 Å². The van der Waals surface area contributed by atoms with Crippen LogP contribution in [0.3, 0.4) is 0 Å². The molecule has 1 aliphatic rings. The van der Waals surface area contributed by atoms with Crippen molar-refractivity contribution in [3.8, 4) is 0 Å². The van der Waals surface area contributed by atoms with Crippen LogP contribution in [0.25, 0.3) is 0 Å². The number of likely N-dealkylation sites (N-methyl/N-ethyl adjacent to an activating group) is 1. The summed E-state index contributed by atoms with van der Waals surface area (Å²) in [4.78, 5) is 4.55. The highest BCUT2D eigenvalue weighted by Crippen LogP contribution is 2.38. The summed E-state index contributed by atoms with van der Waals surface area (Å²) in [5, 5.41) is 3.52. The number of aromatic nitrogens is 2. The Morgan fingerprint density at radius 1 is 1.33 bits per heavy atom. The van der Waals surface area contributed by atoms with Gasteiger partial charge in [-0.15, -0.1) is 0 Å². The molecule has 1 N–H and O–H groups in total. The maximum atomic E-state index is 4.55. The second-order valence-corrected chi connectivity index (χ2v) is 6.29. The molecule has 18 heavy (non-hydrogen) atoms. The summed E-state index contributed by atoms with van der Waals surface area (Å²) in [7, 11) is 2.09. The van der Waals surface area contributed by atoms with Gasteiger partial charge in [-0.3, -0.25) is 0 Å². The van der Waals surface area contributed by atoms with Crippen molar-refractivity contribution < 1.29 is 0 Å². The van der Waals surface area contributed by atoms with Crippen LogP contribution in [0.4, 0.5) is 0 Å². The molecule has 1 aromatic rings. The largest absolute Gasteiger partial charge is 0.330 e. The summed E-state index contributed by atoms with van der Waals surface area (Å²) >= 11 is 0. The van der Waals surface area contributed by atoms with Crippen molar-refractivity contribution in [3.05, 3.63) is 18.2 Å². The Balaban J connectivity index is 2.31. The van der Waals surface area contributed by atoms with Crippen molar-refractivity contribution in [1.82, 2.24) is 14.9 Å². The summed E-state index contributed by atoms with van der Waals surface area (Å²) in [5.74, 6) is 3.24. The molecule has 1 aliphatic carbocycles. The summed E-state index contributed by atoms with van der Waals surface area (Å²) in [6.07, 6.45) is 6.70. The van der Waals surface area contributed by atoms with Crippen molar-refractivity contribution in [2.24, 2.45) is 11.8 Å². The Hall–Kier alpha value is -0.830. The molecule has 3 heteroatoms. The van der Waals surface area contributed by atoms with Gasteiger partial charge in [-0.25, -0.2) is 4.98 Å². The highest BCUT2D eigenvalue weighted by molar-refractivity contribution is 5.04. The van der Waals surface area contributed by atoms with Gasteiger partial charge in [0.25, 0.3) is 0 Å². The number of nitrogens with zero attached hydrogens (tertiary/aromatic N) is 2. The maximum Gasteiger partial charge on any atom is 0.111 e. The van der Waals surface area contributed by atoms with E-state index in [1.807, 2.05) is 6.20 Å². The molecular formula is C15H27N3. The third-order valence-electron chi connectivity index (χ3n) is 4.33. The Bertz CT molecular complexity index is 383. The number of imidazole rings is 1. The van der Waals surface area contributed by atoms with Crippen LogP contribution in [0.2, 0.25) is 0 Å². The molecule has 1 heterocycles. The molecule has 0 aliphatic heterocycles. The topological polar surface area (TPSA) is 29.9 Å². The zero-order valence-corrected chi connectivity index (χ0v) is 12.4. The monoisotopic (exact) mass is 249 g/mol. The predicted molar refractivity (Wildman–Crippen MR) is 75.8 cm³/mol. The van der Waals surface area contributed by atoms with Crippen LogP contribution in [-0.2, 0) is 0 Å². The quantitative estimate of drug-likeness (QED) is 0.891. The van der Waals surface area contributed by atoms with E-state index >= 15 is 0 Å². The lowest BCUT2D eigenvalue weighted by molar-refractivity contribution is 0.155. The summed E-state index contributed by atoms with van der Waals surface area (Å²) in [6, 6.07) is 1.11. The van der Waals surface area contributed by atoms with Gasteiger partial charge in [0.2, 0.25) is 0 Å². The summed E-state index contributed by atoms with van der Waals surface area (Å²) in [6.45, 7) is 9.20. The first-order valence-corrected chi connectivity index (χ1v) is 7.24. The number of hydrogen-bond acceptors (Lipinski definition) is 2. The standard InChI is InChI=1S/C15H27N3/c1-10(2)15-17-6-7-18(15)14-12(4)8-11(3)9-13(14)16-5/h6-7,10-14,16H,8-9H2,1-5H3. The van der Waals surface area contributed by atoms with Gasteiger partial charge >= 0.3 is 0 Å². The molecule has 2 rings (SSSR count). The molecule has 3 nitrogen and oxygen atoms in total. The van der Waals surface area contributed by atoms with Gasteiger partial charge in [0, 0.05) is 24.4 Å². The van der Waals surface area contributed by atoms with Gasteiger partial charge in [-0.1, -0.05) is 27.7 Å². The molecule has 0 saturated heterocycles. The lowest BCUT2D eigenvalue weighted by atomic mass is 9.76. The zero-order chi connectivity index (χ0) is 13.3. The summed E-state index contributed by atoms with van der Waals surface area (Å²) in [5.41, 5.74) is 0. The van der Waals surface area contributed by atoms with E-state index in [1.54, 1.807) is 0 Å². The van der Waals surface area contributed by atoms with Crippen LogP contribution in [0.5, 0.6) is 0 Å². The second-order valence-electron chi connectivity index (χ2n) is 6.29. The maximum absolute atomic E-state index is 4.55. The van der Waals surface area contributed by atoms with E-state index in [4.69, 9.17) is 0 Å². The first kappa shape index (κ1) is 13.6. The SMILES string of the molecule is CNC1CC(C)CC(C)C1n1ccnc1C(C)C. The van der Waals surface area contributed by atoms with E-state index in [9.17, 15) is 0 Å². The van der Waals surface area contributed by atoms with Crippen LogP contribution >= 0.6 is 0 Å². The average Bonchev–Trinajstić information content (AvgIpc) is 2.76. The second kappa shape index (κ2) is 5.43. The number of hydrogen-bond donors (Lipinski definition) is 1. The molecular weight excluding hydrogens is 222 g/mol. The zero-order valence-electron chi connectivity index (χ0n) is 12.4. The lowest BCUT2D eigenvalue weighted by Crippen LogP contribution is -2.44. The molecule has 1 aromatic heterocycles. The van der Waals surface area contributed by atoms with Crippen molar-refractivity contribution >= 4 is 0 Å². The van der Waals surface area contributed by atoms with Gasteiger partial charge in [0.1, 0.15) is 5.82 Å². The van der Waals surface area contributed by atoms with Crippen LogP contribution < -0.4 is 5.32 Å². The third kappa shape index (κ3) is 2.46. The van der Waals surface area contributed by atoms with Crippen LogP contribution in [0, 0.1) is 11.8 Å². The lowest BCUT2D eigenvalue weighted by Gasteiger charge is -2.41. The van der Waals surface area contributed by atoms with Crippen molar-refractivity contribution in [2.75, 3.05) is 7.05 Å². The van der Waals surface area contributed by atoms with Gasteiger partial charge in [-0.05, 0) is 31.7 Å². The molecule has 0 aromatic carbocycles. The van der Waals surface area contributed by atoms with E-state index in [2.05, 4.69) is 55.8 Å². The third-order valence-corrected chi connectivity index (χ3v) is 4.33. The summed E-state index contributed by atoms with van der Waals surface area (Å²) < 4.78 is 2.42. The fraction of sp³-hybridized carbons (Fsp3) is 0.800. The van der Waals surface area contributed by atoms with Crippen molar-refractivity contribution in [2.45, 2.75) is 58.5 Å². The molecule has 0 radical (unpaired) electrons. The fourth-order valence-electron chi connectivity index (χ4n) is 3.62. The van der Waals surface area contributed by atoms with Crippen molar-refractivity contribution in [1.29, 1.82) is 0 Å². The molecule has 4 atom stereocenters. The molecule has 0 amide bonds. The minimum absolute atomic E-state index is 0.490.